The van der Waals surface area contributed by atoms with Gasteiger partial charge in [0.2, 0.25) is 4.80 Å². The molecule has 1 aromatic heterocycles. The molecule has 0 atom stereocenters. The van der Waals surface area contributed by atoms with Gasteiger partial charge in [0.15, 0.2) is 6.61 Å². The van der Waals surface area contributed by atoms with Gasteiger partial charge in [0.25, 0.3) is 5.91 Å². The largest absolute Gasteiger partial charge is 0.508 e. The summed E-state index contributed by atoms with van der Waals surface area (Å²) in [6, 6.07) is 12.4. The number of hydrogen-bond donors (Lipinski definition) is 2. The second-order valence-electron chi connectivity index (χ2n) is 5.82. The zero-order valence-corrected chi connectivity index (χ0v) is 15.2. The number of carbonyl (C=O) groups excluding carboxylic acids is 1. The number of fused-ring (bicyclic) bond motifs is 1. The first-order chi connectivity index (χ1) is 13.1. The molecule has 8 heteroatoms. The molecule has 1 aliphatic heterocycles. The van der Waals surface area contributed by atoms with E-state index in [0.29, 0.717) is 11.4 Å². The van der Waals surface area contributed by atoms with Crippen molar-refractivity contribution >= 4 is 29.1 Å². The van der Waals surface area contributed by atoms with Crippen molar-refractivity contribution in [2.24, 2.45) is 10.1 Å². The number of amides is 1. The Morgan fingerprint density at radius 1 is 1.26 bits per heavy atom. The lowest BCUT2D eigenvalue weighted by Gasteiger charge is -2.18. The van der Waals surface area contributed by atoms with E-state index in [9.17, 15) is 9.90 Å². The van der Waals surface area contributed by atoms with Crippen LogP contribution >= 0.6 is 11.3 Å². The van der Waals surface area contributed by atoms with Crippen molar-refractivity contribution in [3.63, 3.8) is 0 Å². The molecule has 0 aliphatic carbocycles. The van der Waals surface area contributed by atoms with Crippen LogP contribution in [0, 0.1) is 0 Å². The summed E-state index contributed by atoms with van der Waals surface area (Å²) in [5.41, 5.74) is 3.22. The van der Waals surface area contributed by atoms with Gasteiger partial charge >= 0.3 is 0 Å². The maximum absolute atomic E-state index is 11.6. The monoisotopic (exact) mass is 380 g/mol. The number of thiazole rings is 1. The zero-order valence-electron chi connectivity index (χ0n) is 14.4. The molecule has 136 valence electrons. The Bertz CT molecular complexity index is 1100. The van der Waals surface area contributed by atoms with Crippen LogP contribution < -0.4 is 14.9 Å². The SMILES string of the molecule is CN=c1scc(-c2ccc3c(c2)NC(=O)CO3)n1N=Cc1ccc(O)cc1. The lowest BCUT2D eigenvalue weighted by Crippen LogP contribution is -2.25. The first-order valence-electron chi connectivity index (χ1n) is 8.18. The molecule has 1 amide bonds. The van der Waals surface area contributed by atoms with Gasteiger partial charge in [0.1, 0.15) is 11.5 Å². The van der Waals surface area contributed by atoms with Crippen molar-refractivity contribution in [1.29, 1.82) is 0 Å². The predicted molar refractivity (Wildman–Crippen MR) is 104 cm³/mol. The molecule has 0 unspecified atom stereocenters. The molecule has 0 saturated heterocycles. The van der Waals surface area contributed by atoms with Gasteiger partial charge in [-0.3, -0.25) is 9.79 Å². The highest BCUT2D eigenvalue weighted by Gasteiger charge is 2.17. The number of aromatic nitrogens is 1. The number of phenols is 1. The second-order valence-corrected chi connectivity index (χ2v) is 6.66. The van der Waals surface area contributed by atoms with Crippen molar-refractivity contribution in [2.45, 2.75) is 0 Å². The van der Waals surface area contributed by atoms with Crippen molar-refractivity contribution in [1.82, 2.24) is 4.68 Å². The number of nitrogens with zero attached hydrogens (tertiary/aromatic N) is 3. The number of nitrogens with one attached hydrogen (secondary N) is 1. The minimum Gasteiger partial charge on any atom is -0.508 e. The average Bonchev–Trinajstić information content (AvgIpc) is 3.10. The third-order valence-electron chi connectivity index (χ3n) is 4.00. The van der Waals surface area contributed by atoms with Gasteiger partial charge in [0, 0.05) is 18.0 Å². The van der Waals surface area contributed by atoms with Crippen LogP contribution in [0.1, 0.15) is 5.56 Å². The van der Waals surface area contributed by atoms with E-state index < -0.39 is 0 Å². The van der Waals surface area contributed by atoms with Gasteiger partial charge in [-0.15, -0.1) is 11.3 Å². The van der Waals surface area contributed by atoms with E-state index in [1.54, 1.807) is 42.2 Å². The predicted octanol–water partition coefficient (Wildman–Crippen LogP) is 2.67. The summed E-state index contributed by atoms with van der Waals surface area (Å²) in [7, 11) is 1.71. The zero-order chi connectivity index (χ0) is 18.8. The van der Waals surface area contributed by atoms with Gasteiger partial charge in [-0.2, -0.15) is 5.10 Å². The highest BCUT2D eigenvalue weighted by molar-refractivity contribution is 7.07. The van der Waals surface area contributed by atoms with Crippen LogP contribution in [0.25, 0.3) is 11.3 Å². The van der Waals surface area contributed by atoms with Crippen LogP contribution in [0.3, 0.4) is 0 Å². The van der Waals surface area contributed by atoms with Crippen molar-refractivity contribution in [3.05, 3.63) is 58.2 Å². The lowest BCUT2D eigenvalue weighted by atomic mass is 10.1. The van der Waals surface area contributed by atoms with E-state index in [0.717, 1.165) is 21.6 Å². The van der Waals surface area contributed by atoms with E-state index in [4.69, 9.17) is 4.74 Å². The maximum Gasteiger partial charge on any atom is 0.262 e. The van der Waals surface area contributed by atoms with Crippen LogP contribution in [-0.2, 0) is 4.79 Å². The minimum absolute atomic E-state index is 0.0284. The molecule has 1 aliphatic rings. The van der Waals surface area contributed by atoms with Gasteiger partial charge < -0.3 is 15.2 Å². The fraction of sp³-hybridized carbons (Fsp3) is 0.105. The van der Waals surface area contributed by atoms with E-state index in [2.05, 4.69) is 15.4 Å². The molecule has 0 spiro atoms. The fourth-order valence-corrected chi connectivity index (χ4v) is 3.49. The van der Waals surface area contributed by atoms with Gasteiger partial charge in [-0.1, -0.05) is 0 Å². The molecule has 0 radical (unpaired) electrons. The van der Waals surface area contributed by atoms with E-state index >= 15 is 0 Å². The summed E-state index contributed by atoms with van der Waals surface area (Å²) in [5, 5.41) is 18.7. The summed E-state index contributed by atoms with van der Waals surface area (Å²) in [6.07, 6.45) is 1.70. The Hall–Kier alpha value is -3.39. The Balaban J connectivity index is 1.74. The Morgan fingerprint density at radius 2 is 2.07 bits per heavy atom. The minimum atomic E-state index is -0.174. The third kappa shape index (κ3) is 3.47. The number of ether oxygens (including phenoxy) is 1. The summed E-state index contributed by atoms with van der Waals surface area (Å²) in [6.45, 7) is 0.0284. The number of anilines is 1. The molecule has 0 fully saturated rings. The fourth-order valence-electron chi connectivity index (χ4n) is 2.69. The third-order valence-corrected chi connectivity index (χ3v) is 4.91. The molecule has 2 heterocycles. The molecule has 2 N–H and O–H groups in total. The molecule has 2 aromatic carbocycles. The normalized spacial score (nSPS) is 14.1. The van der Waals surface area contributed by atoms with Crippen molar-refractivity contribution in [3.8, 4) is 22.8 Å². The molecule has 7 nitrogen and oxygen atoms in total. The van der Waals surface area contributed by atoms with Crippen LogP contribution in [0.2, 0.25) is 0 Å². The van der Waals surface area contributed by atoms with Gasteiger partial charge in [-0.05, 0) is 48.0 Å². The topological polar surface area (TPSA) is 88.2 Å². The highest BCUT2D eigenvalue weighted by Crippen LogP contribution is 2.32. The summed E-state index contributed by atoms with van der Waals surface area (Å²) >= 11 is 1.47. The maximum atomic E-state index is 11.6. The van der Waals surface area contributed by atoms with Crippen LogP contribution in [0.5, 0.6) is 11.5 Å². The number of rotatable bonds is 3. The molecular formula is C19H16N4O3S. The Morgan fingerprint density at radius 3 is 2.85 bits per heavy atom. The van der Waals surface area contributed by atoms with Crippen molar-refractivity contribution in [2.75, 3.05) is 19.0 Å². The molecule has 0 bridgehead atoms. The molecule has 27 heavy (non-hydrogen) atoms. The van der Waals surface area contributed by atoms with Crippen LogP contribution in [-0.4, -0.2) is 35.6 Å². The molecule has 3 aromatic rings. The summed E-state index contributed by atoms with van der Waals surface area (Å²) in [4.78, 5) is 16.6. The van der Waals surface area contributed by atoms with Gasteiger partial charge in [-0.25, -0.2) is 4.68 Å². The summed E-state index contributed by atoms with van der Waals surface area (Å²) in [5.74, 6) is 0.680. The Kier molecular flexibility index (Phi) is 4.47. The number of phenolic OH excluding ortho intramolecular Hbond substituents is 1. The standard InChI is InChI=1S/C19H16N4O3S/c1-20-19-23(21-9-12-2-5-14(24)6-3-12)16(11-27-19)13-4-7-17-15(8-13)22-18(25)10-26-17/h2-9,11,24H,10H2,1H3,(H,22,25). The van der Waals surface area contributed by atoms with Gasteiger partial charge in [0.05, 0.1) is 17.6 Å². The van der Waals surface area contributed by atoms with Crippen LogP contribution in [0.4, 0.5) is 5.69 Å². The quantitative estimate of drug-likeness (QED) is 0.685. The van der Waals surface area contributed by atoms with E-state index in [-0.39, 0.29) is 18.3 Å². The number of benzene rings is 2. The van der Waals surface area contributed by atoms with E-state index in [1.165, 1.54) is 11.3 Å². The Labute approximate surface area is 158 Å². The number of aromatic hydroxyl groups is 1. The second kappa shape index (κ2) is 7.08. The smallest absolute Gasteiger partial charge is 0.262 e. The molecule has 0 saturated carbocycles. The molecule has 4 rings (SSSR count). The van der Waals surface area contributed by atoms with E-state index in [1.807, 2.05) is 23.6 Å². The highest BCUT2D eigenvalue weighted by atomic mass is 32.1. The van der Waals surface area contributed by atoms with Crippen LogP contribution in [0.15, 0.2) is 57.9 Å². The average molecular weight is 380 g/mol. The number of carbonyl (C=O) groups is 1. The number of hydrogen-bond acceptors (Lipinski definition) is 6. The molecular weight excluding hydrogens is 364 g/mol. The first-order valence-corrected chi connectivity index (χ1v) is 9.06. The summed E-state index contributed by atoms with van der Waals surface area (Å²) < 4.78 is 7.15. The lowest BCUT2D eigenvalue weighted by molar-refractivity contribution is -0.118. The first kappa shape index (κ1) is 17.0. The van der Waals surface area contributed by atoms with Crippen molar-refractivity contribution < 1.29 is 14.6 Å².